The summed E-state index contributed by atoms with van der Waals surface area (Å²) in [5.74, 6) is 0.616. The van der Waals surface area contributed by atoms with E-state index in [1.165, 1.54) is 62.5 Å². The second-order valence-corrected chi connectivity index (χ2v) is 6.40. The van der Waals surface area contributed by atoms with Gasteiger partial charge < -0.3 is 5.11 Å². The van der Waals surface area contributed by atoms with Crippen LogP contribution in [0.2, 0.25) is 0 Å². The largest absolute Gasteiger partial charge is 0.393 e. The summed E-state index contributed by atoms with van der Waals surface area (Å²) in [5.41, 5.74) is 2.96. The van der Waals surface area contributed by atoms with E-state index in [-0.39, 0.29) is 6.10 Å². The summed E-state index contributed by atoms with van der Waals surface area (Å²) in [4.78, 5) is 0. The van der Waals surface area contributed by atoms with E-state index >= 15 is 0 Å². The van der Waals surface area contributed by atoms with Crippen molar-refractivity contribution in [1.82, 2.24) is 0 Å². The molecule has 1 nitrogen and oxygen atoms in total. The molecule has 2 unspecified atom stereocenters. The van der Waals surface area contributed by atoms with E-state index in [9.17, 15) is 5.11 Å². The fraction of sp³-hybridized carbons (Fsp3) is 0.684. The van der Waals surface area contributed by atoms with Crippen molar-refractivity contribution in [2.75, 3.05) is 0 Å². The van der Waals surface area contributed by atoms with Crippen LogP contribution >= 0.6 is 0 Å². The minimum absolute atomic E-state index is 0.0935. The number of benzene rings is 1. The highest BCUT2D eigenvalue weighted by Gasteiger charge is 2.27. The number of fused-ring (bicyclic) bond motifs is 1. The quantitative estimate of drug-likeness (QED) is 0.580. The van der Waals surface area contributed by atoms with Crippen molar-refractivity contribution in [3.8, 4) is 0 Å². The topological polar surface area (TPSA) is 20.2 Å². The average Bonchev–Trinajstić information content (AvgIpc) is 2.44. The Morgan fingerprint density at radius 3 is 2.50 bits per heavy atom. The first-order valence-electron chi connectivity index (χ1n) is 8.57. The van der Waals surface area contributed by atoms with E-state index in [1.807, 2.05) is 0 Å². The third-order valence-corrected chi connectivity index (χ3v) is 4.66. The van der Waals surface area contributed by atoms with Gasteiger partial charge in [-0.1, -0.05) is 76.1 Å². The number of aliphatic hydroxyl groups is 1. The number of hydrogen-bond acceptors (Lipinski definition) is 1. The molecule has 0 aromatic heterocycles. The van der Waals surface area contributed by atoms with Crippen LogP contribution in [0.15, 0.2) is 24.3 Å². The van der Waals surface area contributed by atoms with Gasteiger partial charge in [-0.3, -0.25) is 0 Å². The average molecular weight is 274 g/mol. The lowest BCUT2D eigenvalue weighted by Gasteiger charge is -2.31. The molecule has 2 rings (SSSR count). The molecule has 1 heteroatoms. The van der Waals surface area contributed by atoms with Gasteiger partial charge in [-0.25, -0.2) is 0 Å². The van der Waals surface area contributed by atoms with Crippen molar-refractivity contribution in [1.29, 1.82) is 0 Å². The lowest BCUT2D eigenvalue weighted by Crippen LogP contribution is -2.22. The third kappa shape index (κ3) is 4.63. The predicted molar refractivity (Wildman–Crippen MR) is 86.1 cm³/mol. The molecule has 0 aliphatic heterocycles. The summed E-state index contributed by atoms with van der Waals surface area (Å²) < 4.78 is 0. The number of hydrogen-bond donors (Lipinski definition) is 1. The Kier molecular flexibility index (Phi) is 6.59. The van der Waals surface area contributed by atoms with Gasteiger partial charge >= 0.3 is 0 Å². The van der Waals surface area contributed by atoms with Crippen LogP contribution in [-0.4, -0.2) is 11.2 Å². The van der Waals surface area contributed by atoms with Crippen molar-refractivity contribution in [2.45, 2.75) is 83.2 Å². The molecule has 0 bridgehead atoms. The van der Waals surface area contributed by atoms with Crippen molar-refractivity contribution in [2.24, 2.45) is 0 Å². The van der Waals surface area contributed by atoms with Crippen LogP contribution in [0.5, 0.6) is 0 Å². The molecule has 0 fully saturated rings. The molecule has 0 amide bonds. The van der Waals surface area contributed by atoms with Gasteiger partial charge in [0.2, 0.25) is 0 Å². The van der Waals surface area contributed by atoms with E-state index in [0.29, 0.717) is 5.92 Å². The normalized spacial score (nSPS) is 18.4. The molecular weight excluding hydrogens is 244 g/mol. The summed E-state index contributed by atoms with van der Waals surface area (Å²) in [6, 6.07) is 8.68. The molecule has 1 aliphatic rings. The van der Waals surface area contributed by atoms with E-state index in [4.69, 9.17) is 0 Å². The second-order valence-electron chi connectivity index (χ2n) is 6.40. The van der Waals surface area contributed by atoms with Crippen LogP contribution in [0.3, 0.4) is 0 Å². The fourth-order valence-electron chi connectivity index (χ4n) is 3.36. The second kappa shape index (κ2) is 8.46. The van der Waals surface area contributed by atoms with Crippen molar-refractivity contribution >= 4 is 0 Å². The van der Waals surface area contributed by atoms with E-state index in [1.54, 1.807) is 0 Å². The van der Waals surface area contributed by atoms with Crippen LogP contribution in [-0.2, 0) is 6.42 Å². The molecule has 0 spiro atoms. The van der Waals surface area contributed by atoms with E-state index in [0.717, 1.165) is 12.8 Å². The predicted octanol–water partition coefficient (Wildman–Crippen LogP) is 5.22. The van der Waals surface area contributed by atoms with Gasteiger partial charge in [0.05, 0.1) is 6.10 Å². The van der Waals surface area contributed by atoms with Crippen molar-refractivity contribution < 1.29 is 5.11 Å². The molecule has 0 saturated carbocycles. The molecule has 1 aliphatic carbocycles. The smallest absolute Gasteiger partial charge is 0.0546 e. The van der Waals surface area contributed by atoms with Crippen molar-refractivity contribution in [3.63, 3.8) is 0 Å². The first kappa shape index (κ1) is 15.6. The number of aliphatic hydroxyl groups excluding tert-OH is 1. The zero-order chi connectivity index (χ0) is 14.2. The van der Waals surface area contributed by atoms with Gasteiger partial charge in [-0.15, -0.1) is 0 Å². The highest BCUT2D eigenvalue weighted by atomic mass is 16.3. The Morgan fingerprint density at radius 1 is 1.05 bits per heavy atom. The summed E-state index contributed by atoms with van der Waals surface area (Å²) in [7, 11) is 0. The minimum atomic E-state index is -0.0935. The van der Waals surface area contributed by atoms with Crippen LogP contribution < -0.4 is 0 Å². The maximum Gasteiger partial charge on any atom is 0.0546 e. The van der Waals surface area contributed by atoms with E-state index in [2.05, 4.69) is 31.2 Å². The first-order valence-corrected chi connectivity index (χ1v) is 8.57. The van der Waals surface area contributed by atoms with Gasteiger partial charge in [-0.2, -0.15) is 0 Å². The summed E-state index contributed by atoms with van der Waals surface area (Å²) in [6.45, 7) is 2.26. The lowest BCUT2D eigenvalue weighted by molar-refractivity contribution is 0.138. The Hall–Kier alpha value is -0.820. The summed E-state index contributed by atoms with van der Waals surface area (Å²) in [5, 5.41) is 10.2. The zero-order valence-corrected chi connectivity index (χ0v) is 13.0. The minimum Gasteiger partial charge on any atom is -0.393 e. The molecule has 2 atom stereocenters. The van der Waals surface area contributed by atoms with Crippen molar-refractivity contribution in [3.05, 3.63) is 35.4 Å². The Morgan fingerprint density at radius 2 is 1.75 bits per heavy atom. The maximum absolute atomic E-state index is 10.2. The van der Waals surface area contributed by atoms with Crippen LogP contribution in [0.1, 0.15) is 81.8 Å². The molecule has 1 aromatic carbocycles. The molecule has 0 saturated heterocycles. The monoisotopic (exact) mass is 274 g/mol. The highest BCUT2D eigenvalue weighted by Crippen LogP contribution is 2.38. The van der Waals surface area contributed by atoms with Gasteiger partial charge in [0, 0.05) is 0 Å². The fourth-order valence-corrected chi connectivity index (χ4v) is 3.36. The number of rotatable bonds is 10. The molecule has 20 heavy (non-hydrogen) atoms. The van der Waals surface area contributed by atoms with Gasteiger partial charge in [0.1, 0.15) is 0 Å². The third-order valence-electron chi connectivity index (χ3n) is 4.66. The first-order chi connectivity index (χ1) is 9.81. The Labute approximate surface area is 124 Å². The van der Waals surface area contributed by atoms with E-state index < -0.39 is 0 Å². The Balaban J connectivity index is 1.53. The van der Waals surface area contributed by atoms with Crippen LogP contribution in [0, 0.1) is 0 Å². The maximum atomic E-state index is 10.2. The molecule has 1 N–H and O–H groups in total. The van der Waals surface area contributed by atoms with Crippen LogP contribution in [0.25, 0.3) is 0 Å². The lowest BCUT2D eigenvalue weighted by atomic mass is 9.74. The SMILES string of the molecule is CCCCCCCCCC(O)CC1Cc2ccccc21. The van der Waals surface area contributed by atoms with Crippen LogP contribution in [0.4, 0.5) is 0 Å². The van der Waals surface area contributed by atoms with Gasteiger partial charge in [0.25, 0.3) is 0 Å². The van der Waals surface area contributed by atoms with Gasteiger partial charge in [0.15, 0.2) is 0 Å². The molecule has 1 aromatic rings. The highest BCUT2D eigenvalue weighted by molar-refractivity contribution is 5.39. The molecule has 112 valence electrons. The molecule has 0 radical (unpaired) electrons. The summed E-state index contributed by atoms with van der Waals surface area (Å²) in [6.07, 6.45) is 12.3. The van der Waals surface area contributed by atoms with Gasteiger partial charge in [-0.05, 0) is 36.3 Å². The molecular formula is C19H30O. The summed E-state index contributed by atoms with van der Waals surface area (Å²) >= 11 is 0. The standard InChI is InChI=1S/C19H30O/c1-2-3-4-5-6-7-8-12-18(20)15-17-14-16-11-9-10-13-19(16)17/h9-11,13,17-18,20H,2-8,12,14-15H2,1H3. The molecule has 0 heterocycles. The number of unbranched alkanes of at least 4 members (excludes halogenated alkanes) is 6. The zero-order valence-electron chi connectivity index (χ0n) is 13.0. The Bertz CT molecular complexity index is 385.